The molecule has 0 aliphatic carbocycles. The van der Waals surface area contributed by atoms with Gasteiger partial charge >= 0.3 is 0 Å². The van der Waals surface area contributed by atoms with Crippen LogP contribution in [-0.2, 0) is 19.2 Å². The number of amides is 4. The lowest BCUT2D eigenvalue weighted by molar-refractivity contribution is -0.123. The third-order valence-electron chi connectivity index (χ3n) is 13.4. The predicted octanol–water partition coefficient (Wildman–Crippen LogP) is 15.3. The van der Waals surface area contributed by atoms with Crippen molar-refractivity contribution in [2.45, 2.75) is 81.6 Å². The number of fused-ring (bicyclic) bond motifs is 8. The Balaban J connectivity index is 1.44. The molecule has 2 aliphatic heterocycles. The molecule has 12 nitrogen and oxygen atoms in total. The smallest absolute Gasteiger partial charge is 0.229 e. The van der Waals surface area contributed by atoms with Crippen LogP contribution in [0.2, 0.25) is 0 Å². The van der Waals surface area contributed by atoms with Crippen LogP contribution in [0.25, 0.3) is 90.9 Å². The molecule has 6 N–H and O–H groups in total. The molecule has 5 heterocycles. The van der Waals surface area contributed by atoms with E-state index < -0.39 is 16.2 Å². The lowest BCUT2D eigenvalue weighted by Gasteiger charge is -2.20. The molecule has 0 saturated carbocycles. The first-order valence-corrected chi connectivity index (χ1v) is 26.7. The lowest BCUT2D eigenvalue weighted by Crippen LogP contribution is -2.27. The molecule has 4 aromatic carbocycles. The largest absolute Gasteiger partial charge is 0.354 e. The molecule has 9 rings (SSSR count). The third-order valence-corrected chi connectivity index (χ3v) is 13.7. The van der Waals surface area contributed by atoms with Crippen molar-refractivity contribution in [2.75, 3.05) is 27.0 Å². The highest BCUT2D eigenvalue weighted by atomic mass is 32.1. The fourth-order valence-corrected chi connectivity index (χ4v) is 9.34. The zero-order valence-electron chi connectivity index (χ0n) is 45.2. The average molecular weight is 1040 g/mol. The number of benzene rings is 4. The Bertz CT molecular complexity index is 3640. The van der Waals surface area contributed by atoms with Gasteiger partial charge in [-0.2, -0.15) is 12.6 Å². The van der Waals surface area contributed by atoms with Crippen LogP contribution in [-0.4, -0.2) is 49.3 Å². The molecule has 0 saturated heterocycles. The molecule has 4 amide bonds. The first-order valence-electron chi connectivity index (χ1n) is 26.1. The lowest BCUT2D eigenvalue weighted by atomic mass is 9.94. The van der Waals surface area contributed by atoms with Crippen molar-refractivity contribution in [1.29, 1.82) is 0 Å². The summed E-state index contributed by atoms with van der Waals surface area (Å²) in [4.78, 5) is 73.6. The Morgan fingerprint density at radius 3 is 0.948 bits per heavy atom. The molecule has 7 aromatic rings. The van der Waals surface area contributed by atoms with Crippen LogP contribution < -0.4 is 21.3 Å². The van der Waals surface area contributed by atoms with E-state index in [-0.39, 0.29) is 23.6 Å². The van der Waals surface area contributed by atoms with Gasteiger partial charge in [0, 0.05) is 112 Å². The van der Waals surface area contributed by atoms with Gasteiger partial charge in [-0.1, -0.05) is 135 Å². The molecule has 2 aliphatic rings. The average Bonchev–Trinajstić information content (AvgIpc) is 4.27. The predicted molar refractivity (Wildman–Crippen MR) is 321 cm³/mol. The topological polar surface area (TPSA) is 174 Å². The summed E-state index contributed by atoms with van der Waals surface area (Å²) in [6.45, 7) is 16.9. The van der Waals surface area contributed by atoms with Gasteiger partial charge in [-0.15, -0.1) is 0 Å². The van der Waals surface area contributed by atoms with E-state index in [1.165, 1.54) is 0 Å². The zero-order chi connectivity index (χ0) is 54.8. The number of nitrogens with one attached hydrogen (secondary N) is 6. The molecular weight excluding hydrogens is 977 g/mol. The van der Waals surface area contributed by atoms with E-state index in [0.29, 0.717) is 103 Å². The number of aromatic amines is 2. The molecule has 0 radical (unpaired) electrons. The monoisotopic (exact) mass is 1040 g/mol. The fraction of sp³-hybridized carbons (Fsp3) is 0.250. The van der Waals surface area contributed by atoms with Gasteiger partial charge in [0.15, 0.2) is 0 Å². The Morgan fingerprint density at radius 2 is 0.675 bits per heavy atom. The van der Waals surface area contributed by atoms with Crippen LogP contribution in [0.15, 0.2) is 121 Å². The third kappa shape index (κ3) is 11.6. The minimum absolute atomic E-state index is 0.110. The van der Waals surface area contributed by atoms with E-state index >= 15 is 0 Å². The Labute approximate surface area is 455 Å². The number of nitrogens with zero attached hydrogens (tertiary/aromatic N) is 2. The molecule has 0 unspecified atom stereocenters. The molecule has 392 valence electrons. The quantitative estimate of drug-likeness (QED) is 0.0474. The number of aromatic nitrogens is 4. The van der Waals surface area contributed by atoms with Gasteiger partial charge in [0.05, 0.1) is 22.8 Å². The summed E-state index contributed by atoms with van der Waals surface area (Å²) in [6, 6.07) is 38.9. The van der Waals surface area contributed by atoms with Crippen molar-refractivity contribution < 1.29 is 19.2 Å². The molecule has 0 fully saturated rings. The van der Waals surface area contributed by atoms with E-state index in [2.05, 4.69) is 43.9 Å². The second-order valence-corrected chi connectivity index (χ2v) is 23.0. The van der Waals surface area contributed by atoms with Crippen LogP contribution >= 0.6 is 12.6 Å². The van der Waals surface area contributed by atoms with Crippen molar-refractivity contribution in [3.63, 3.8) is 0 Å². The zero-order valence-corrected chi connectivity index (χ0v) is 46.1. The maximum atomic E-state index is 13.8. The minimum atomic E-state index is -0.692. The maximum Gasteiger partial charge on any atom is 0.229 e. The SMILES string of the molecule is CC(C)(C)C(=O)Nc1ccccc1-c1c2nc(c(-c3ccccc3NC(=O)C(C)(C)C)c3ccc([nH]3)c(-c3ccccc3NC(=O)C(C)(C)C)c3nc(c(-c4ccccc4NC(=O)CCCCS)c4ccc1[nH]4)C=C3)C=C2. The minimum Gasteiger partial charge on any atom is -0.354 e. The fourth-order valence-electron chi connectivity index (χ4n) is 9.12. The normalized spacial score (nSPS) is 12.3. The second-order valence-electron chi connectivity index (χ2n) is 22.5. The van der Waals surface area contributed by atoms with E-state index in [4.69, 9.17) is 9.97 Å². The Morgan fingerprint density at radius 1 is 0.403 bits per heavy atom. The summed E-state index contributed by atoms with van der Waals surface area (Å²) in [6.07, 6.45) is 9.77. The van der Waals surface area contributed by atoms with E-state index in [0.717, 1.165) is 34.2 Å². The van der Waals surface area contributed by atoms with Crippen LogP contribution in [0, 0.1) is 16.2 Å². The summed E-state index contributed by atoms with van der Waals surface area (Å²) in [7, 11) is 0. The molecule has 3 aromatic heterocycles. The molecule has 77 heavy (non-hydrogen) atoms. The van der Waals surface area contributed by atoms with Crippen LogP contribution in [0.1, 0.15) is 104 Å². The van der Waals surface area contributed by atoms with Gasteiger partial charge in [0.2, 0.25) is 23.6 Å². The highest BCUT2D eigenvalue weighted by molar-refractivity contribution is 7.80. The van der Waals surface area contributed by atoms with Gasteiger partial charge < -0.3 is 31.2 Å². The van der Waals surface area contributed by atoms with Gasteiger partial charge in [-0.3, -0.25) is 19.2 Å². The highest BCUT2D eigenvalue weighted by Crippen LogP contribution is 2.43. The van der Waals surface area contributed by atoms with Crippen molar-refractivity contribution in [2.24, 2.45) is 16.2 Å². The summed E-state index contributed by atoms with van der Waals surface area (Å²) in [5.74, 6) is 0.130. The van der Waals surface area contributed by atoms with Crippen molar-refractivity contribution in [3.05, 3.63) is 144 Å². The van der Waals surface area contributed by atoms with E-state index in [9.17, 15) is 19.2 Å². The van der Waals surface area contributed by atoms with Crippen molar-refractivity contribution >= 4 is 105 Å². The van der Waals surface area contributed by atoms with Crippen molar-refractivity contribution in [1.82, 2.24) is 19.9 Å². The number of carbonyl (C=O) groups excluding carboxylic acids is 4. The number of unbranched alkanes of at least 4 members (excludes halogenated alkanes) is 1. The number of anilines is 4. The number of hydrogen-bond acceptors (Lipinski definition) is 7. The molecule has 0 spiro atoms. The highest BCUT2D eigenvalue weighted by Gasteiger charge is 2.28. The summed E-state index contributed by atoms with van der Waals surface area (Å²) < 4.78 is 0. The number of para-hydroxylation sites is 4. The Hall–Kier alpha value is -8.29. The number of rotatable bonds is 12. The number of thiol groups is 1. The maximum absolute atomic E-state index is 13.8. The molecule has 0 atom stereocenters. The second kappa shape index (κ2) is 21.7. The molecular formula is C64H66N8O4S. The van der Waals surface area contributed by atoms with Crippen LogP contribution in [0.3, 0.4) is 0 Å². The first-order chi connectivity index (χ1) is 36.7. The number of carbonyl (C=O) groups is 4. The van der Waals surface area contributed by atoms with Gasteiger partial charge in [0.25, 0.3) is 0 Å². The van der Waals surface area contributed by atoms with Gasteiger partial charge in [-0.05, 0) is 91.4 Å². The molecule has 8 bridgehead atoms. The number of H-pyrrole nitrogens is 2. The van der Waals surface area contributed by atoms with Crippen LogP contribution in [0.4, 0.5) is 22.7 Å². The summed E-state index contributed by atoms with van der Waals surface area (Å²) in [5, 5.41) is 12.9. The van der Waals surface area contributed by atoms with E-state index in [1.807, 2.05) is 208 Å². The van der Waals surface area contributed by atoms with Crippen LogP contribution in [0.5, 0.6) is 0 Å². The molecule has 13 heteroatoms. The summed E-state index contributed by atoms with van der Waals surface area (Å²) in [5.41, 5.74) is 11.4. The van der Waals surface area contributed by atoms with Crippen molar-refractivity contribution in [3.8, 4) is 44.5 Å². The van der Waals surface area contributed by atoms with Gasteiger partial charge in [-0.25, -0.2) is 9.97 Å². The summed E-state index contributed by atoms with van der Waals surface area (Å²) >= 11 is 4.37. The van der Waals surface area contributed by atoms with Gasteiger partial charge in [0.1, 0.15) is 0 Å². The number of hydrogen-bond donors (Lipinski definition) is 7. The first kappa shape index (κ1) is 53.5. The Kier molecular flexibility index (Phi) is 15.1. The van der Waals surface area contributed by atoms with E-state index in [1.54, 1.807) is 0 Å². The standard InChI is InChI=1S/C64H66N8O4S/c1-62(2,3)59(74)70-43-25-15-11-21-39(43)56-48-31-29-46(65-48)55(38-20-10-14-24-42(38)69-54(73)28-18-19-37-77)47-30-32-49(66-47)57(40-22-12-16-26-44(40)71-60(75)63(4,5)6)51-34-36-53(68-51)58(52-35-33-50(56)67-52)41-23-13-17-27-45(41)72-61(76)64(7,8)9/h10-17,20-27,29-36,65,68,77H,18-19,28,37H2,1-9H3,(H,69,73)(H,70,74)(H,71,75)(H,72,76).